The molecular formula is C12H15F2N3O. The van der Waals surface area contributed by atoms with Gasteiger partial charge in [-0.3, -0.25) is 0 Å². The Balaban J connectivity index is 1.98. The van der Waals surface area contributed by atoms with Gasteiger partial charge in [0.2, 0.25) is 0 Å². The first-order valence-electron chi connectivity index (χ1n) is 5.74. The molecule has 1 aromatic carbocycles. The molecule has 0 amide bonds. The molecule has 1 aliphatic rings. The topological polar surface area (TPSA) is 59.6 Å². The van der Waals surface area contributed by atoms with Crippen molar-refractivity contribution in [2.24, 2.45) is 10.7 Å². The molecular weight excluding hydrogens is 240 g/mol. The Morgan fingerprint density at radius 2 is 2.17 bits per heavy atom. The summed E-state index contributed by atoms with van der Waals surface area (Å²) in [4.78, 5) is 4.10. The van der Waals surface area contributed by atoms with E-state index >= 15 is 0 Å². The van der Waals surface area contributed by atoms with Crippen molar-refractivity contribution in [3.05, 3.63) is 29.8 Å². The smallest absolute Gasteiger partial charge is 0.387 e. The third-order valence-corrected chi connectivity index (χ3v) is 2.54. The van der Waals surface area contributed by atoms with Gasteiger partial charge in [-0.25, -0.2) is 4.99 Å². The van der Waals surface area contributed by atoms with E-state index in [9.17, 15) is 8.78 Å². The number of aliphatic imine (C=N–C) groups is 1. The molecule has 0 radical (unpaired) electrons. The molecule has 1 fully saturated rings. The highest BCUT2D eigenvalue weighted by molar-refractivity contribution is 5.78. The van der Waals surface area contributed by atoms with Crippen molar-refractivity contribution < 1.29 is 13.5 Å². The van der Waals surface area contributed by atoms with Crippen LogP contribution in [0.25, 0.3) is 0 Å². The highest BCUT2D eigenvalue weighted by atomic mass is 19.3. The molecule has 0 heterocycles. The molecule has 1 aliphatic carbocycles. The molecule has 4 nitrogen and oxygen atoms in total. The van der Waals surface area contributed by atoms with Gasteiger partial charge in [-0.2, -0.15) is 8.78 Å². The van der Waals surface area contributed by atoms with Crippen LogP contribution < -0.4 is 15.8 Å². The molecule has 0 saturated heterocycles. The van der Waals surface area contributed by atoms with Crippen molar-refractivity contribution in [2.75, 3.05) is 0 Å². The van der Waals surface area contributed by atoms with E-state index < -0.39 is 6.61 Å². The van der Waals surface area contributed by atoms with Crippen molar-refractivity contribution in [1.82, 2.24) is 5.32 Å². The Morgan fingerprint density at radius 3 is 2.83 bits per heavy atom. The lowest BCUT2D eigenvalue weighted by Gasteiger charge is -2.09. The number of alkyl halides is 2. The van der Waals surface area contributed by atoms with Crippen molar-refractivity contribution in [3.63, 3.8) is 0 Å². The summed E-state index contributed by atoms with van der Waals surface area (Å²) in [5, 5.41) is 3.02. The summed E-state index contributed by atoms with van der Waals surface area (Å²) in [7, 11) is 0. The van der Waals surface area contributed by atoms with E-state index in [1.54, 1.807) is 18.2 Å². The number of rotatable bonds is 5. The number of halogens is 2. The van der Waals surface area contributed by atoms with Crippen LogP contribution in [0.2, 0.25) is 0 Å². The van der Waals surface area contributed by atoms with Crippen molar-refractivity contribution in [1.29, 1.82) is 0 Å². The highest BCUT2D eigenvalue weighted by Gasteiger charge is 2.21. The van der Waals surface area contributed by atoms with E-state index in [0.29, 0.717) is 17.6 Å². The predicted molar refractivity (Wildman–Crippen MR) is 64.6 cm³/mol. The first-order chi connectivity index (χ1) is 8.65. The normalized spacial score (nSPS) is 15.8. The highest BCUT2D eigenvalue weighted by Crippen LogP contribution is 2.21. The Labute approximate surface area is 104 Å². The zero-order chi connectivity index (χ0) is 13.0. The molecule has 2 rings (SSSR count). The second-order valence-electron chi connectivity index (χ2n) is 4.11. The monoisotopic (exact) mass is 255 g/mol. The minimum absolute atomic E-state index is 0.135. The number of nitrogens with zero attached hydrogens (tertiary/aromatic N) is 1. The molecule has 0 bridgehead atoms. The first kappa shape index (κ1) is 12.6. The molecule has 3 N–H and O–H groups in total. The van der Waals surface area contributed by atoms with Crippen molar-refractivity contribution in [3.8, 4) is 5.75 Å². The summed E-state index contributed by atoms with van der Waals surface area (Å²) >= 11 is 0. The molecule has 0 aromatic heterocycles. The maximum absolute atomic E-state index is 12.2. The van der Waals surface area contributed by atoms with Gasteiger partial charge < -0.3 is 15.8 Å². The van der Waals surface area contributed by atoms with Crippen molar-refractivity contribution in [2.45, 2.75) is 32.0 Å². The van der Waals surface area contributed by atoms with E-state index in [0.717, 1.165) is 12.8 Å². The van der Waals surface area contributed by atoms with Gasteiger partial charge in [-0.05, 0) is 18.9 Å². The van der Waals surface area contributed by atoms with Gasteiger partial charge in [-0.1, -0.05) is 18.2 Å². The number of benzene rings is 1. The van der Waals surface area contributed by atoms with Crippen LogP contribution in [0.4, 0.5) is 8.78 Å². The van der Waals surface area contributed by atoms with Crippen LogP contribution in [0.15, 0.2) is 29.3 Å². The summed E-state index contributed by atoms with van der Waals surface area (Å²) in [6.07, 6.45) is 2.20. The molecule has 0 spiro atoms. The summed E-state index contributed by atoms with van der Waals surface area (Å²) in [6, 6.07) is 6.97. The fourth-order valence-electron chi connectivity index (χ4n) is 1.50. The lowest BCUT2D eigenvalue weighted by atomic mass is 10.2. The zero-order valence-electron chi connectivity index (χ0n) is 9.77. The summed E-state index contributed by atoms with van der Waals surface area (Å²) in [5.41, 5.74) is 6.25. The van der Waals surface area contributed by atoms with E-state index in [1.807, 2.05) is 0 Å². The fraction of sp³-hybridized carbons (Fsp3) is 0.417. The van der Waals surface area contributed by atoms with Crippen LogP contribution >= 0.6 is 0 Å². The fourth-order valence-corrected chi connectivity index (χ4v) is 1.50. The number of hydrogen-bond donors (Lipinski definition) is 2. The zero-order valence-corrected chi connectivity index (χ0v) is 9.77. The molecule has 1 saturated carbocycles. The summed E-state index contributed by atoms with van der Waals surface area (Å²) in [5.74, 6) is 0.472. The lowest BCUT2D eigenvalue weighted by Crippen LogP contribution is -2.33. The molecule has 0 unspecified atom stereocenters. The lowest BCUT2D eigenvalue weighted by molar-refractivity contribution is -0.0504. The molecule has 98 valence electrons. The Hall–Kier alpha value is -1.85. The standard InChI is InChI=1S/C12H15F2N3O/c13-11(14)18-10-4-2-1-3-8(10)7-16-12(15)17-9-5-6-9/h1-4,9,11H,5-7H2,(H3,15,16,17). The van der Waals surface area contributed by atoms with E-state index in [-0.39, 0.29) is 12.3 Å². The SMILES string of the molecule is NC(=NCc1ccccc1OC(F)F)NC1CC1. The Morgan fingerprint density at radius 1 is 1.44 bits per heavy atom. The second-order valence-corrected chi connectivity index (χ2v) is 4.11. The molecule has 6 heteroatoms. The molecule has 18 heavy (non-hydrogen) atoms. The number of guanidine groups is 1. The van der Waals surface area contributed by atoms with E-state index in [1.165, 1.54) is 6.07 Å². The molecule has 0 aliphatic heterocycles. The maximum Gasteiger partial charge on any atom is 0.387 e. The minimum Gasteiger partial charge on any atom is -0.434 e. The third kappa shape index (κ3) is 3.87. The van der Waals surface area contributed by atoms with Gasteiger partial charge in [0, 0.05) is 11.6 Å². The van der Waals surface area contributed by atoms with Gasteiger partial charge in [0.15, 0.2) is 5.96 Å². The minimum atomic E-state index is -2.84. The second kappa shape index (κ2) is 5.66. The van der Waals surface area contributed by atoms with Gasteiger partial charge in [0.05, 0.1) is 6.54 Å². The van der Waals surface area contributed by atoms with E-state index in [2.05, 4.69) is 15.0 Å². The number of para-hydroxylation sites is 1. The van der Waals surface area contributed by atoms with Crippen LogP contribution in [0, 0.1) is 0 Å². The number of nitrogens with one attached hydrogen (secondary N) is 1. The Bertz CT molecular complexity index is 433. The van der Waals surface area contributed by atoms with Gasteiger partial charge in [-0.15, -0.1) is 0 Å². The Kier molecular flexibility index (Phi) is 3.96. The first-order valence-corrected chi connectivity index (χ1v) is 5.74. The van der Waals surface area contributed by atoms with Crippen LogP contribution in [-0.4, -0.2) is 18.6 Å². The summed E-state index contributed by atoms with van der Waals surface area (Å²) < 4.78 is 28.8. The quantitative estimate of drug-likeness (QED) is 0.623. The summed E-state index contributed by atoms with van der Waals surface area (Å²) in [6.45, 7) is -2.62. The van der Waals surface area contributed by atoms with Gasteiger partial charge >= 0.3 is 6.61 Å². The number of ether oxygens (including phenoxy) is 1. The maximum atomic E-state index is 12.2. The van der Waals surface area contributed by atoms with Crippen molar-refractivity contribution >= 4 is 5.96 Å². The van der Waals surface area contributed by atoms with Crippen LogP contribution in [0.5, 0.6) is 5.75 Å². The average molecular weight is 255 g/mol. The van der Waals surface area contributed by atoms with Crippen LogP contribution in [-0.2, 0) is 6.54 Å². The van der Waals surface area contributed by atoms with Gasteiger partial charge in [0.1, 0.15) is 5.75 Å². The molecule has 0 atom stereocenters. The van der Waals surface area contributed by atoms with Crippen LogP contribution in [0.1, 0.15) is 18.4 Å². The van der Waals surface area contributed by atoms with Crippen LogP contribution in [0.3, 0.4) is 0 Å². The molecule has 1 aromatic rings. The average Bonchev–Trinajstić information content (AvgIpc) is 3.11. The number of hydrogen-bond acceptors (Lipinski definition) is 2. The predicted octanol–water partition coefficient (Wildman–Crippen LogP) is 1.85. The third-order valence-electron chi connectivity index (χ3n) is 2.54. The largest absolute Gasteiger partial charge is 0.434 e. The van der Waals surface area contributed by atoms with Gasteiger partial charge in [0.25, 0.3) is 0 Å². The number of nitrogens with two attached hydrogens (primary N) is 1. The van der Waals surface area contributed by atoms with E-state index in [4.69, 9.17) is 5.73 Å².